The second-order valence-electron chi connectivity index (χ2n) is 5.31. The Bertz CT molecular complexity index is 776. The molecule has 2 rings (SSSR count). The van der Waals surface area contributed by atoms with Gasteiger partial charge < -0.3 is 5.32 Å². The van der Waals surface area contributed by atoms with E-state index in [0.717, 1.165) is 18.2 Å². The van der Waals surface area contributed by atoms with Crippen LogP contribution >= 0.6 is 11.8 Å². The number of aromatic nitrogens is 3. The molecule has 3 amide bonds. The summed E-state index contributed by atoms with van der Waals surface area (Å²) in [5.74, 6) is -0.206. The van der Waals surface area contributed by atoms with E-state index in [0.29, 0.717) is 29.6 Å². The first-order valence-electron chi connectivity index (χ1n) is 8.05. The standard InChI is InChI=1S/C17H20FN5O2S/c1-3-9-19-16(25)20-14(24)11-26-17-22-21-15(23(17)10-4-2)12-5-7-13(18)8-6-12/h4-8H,2-3,9-11H2,1H3,(H2,19,20,24,25). The number of nitrogens with one attached hydrogen (secondary N) is 2. The fourth-order valence-electron chi connectivity index (χ4n) is 2.08. The van der Waals surface area contributed by atoms with Gasteiger partial charge in [0.05, 0.1) is 5.75 Å². The third-order valence-electron chi connectivity index (χ3n) is 3.25. The maximum Gasteiger partial charge on any atom is 0.321 e. The highest BCUT2D eigenvalue weighted by Crippen LogP contribution is 2.24. The molecule has 0 aliphatic carbocycles. The van der Waals surface area contributed by atoms with E-state index in [4.69, 9.17) is 0 Å². The normalized spacial score (nSPS) is 10.4. The molecule has 1 heterocycles. The highest BCUT2D eigenvalue weighted by Gasteiger charge is 2.15. The summed E-state index contributed by atoms with van der Waals surface area (Å²) in [5, 5.41) is 13.5. The Balaban J connectivity index is 2.05. The van der Waals surface area contributed by atoms with Crippen LogP contribution in [-0.2, 0) is 11.3 Å². The highest BCUT2D eigenvalue weighted by atomic mass is 32.2. The monoisotopic (exact) mass is 377 g/mol. The number of allylic oxidation sites excluding steroid dienone is 1. The van der Waals surface area contributed by atoms with E-state index in [2.05, 4.69) is 27.4 Å². The molecule has 0 atom stereocenters. The van der Waals surface area contributed by atoms with E-state index in [9.17, 15) is 14.0 Å². The lowest BCUT2D eigenvalue weighted by molar-refractivity contribution is -0.117. The minimum Gasteiger partial charge on any atom is -0.338 e. The molecule has 0 aliphatic heterocycles. The first-order valence-corrected chi connectivity index (χ1v) is 9.04. The number of benzene rings is 1. The van der Waals surface area contributed by atoms with E-state index < -0.39 is 11.9 Å². The quantitative estimate of drug-likeness (QED) is 0.545. The molecule has 0 saturated carbocycles. The zero-order valence-corrected chi connectivity index (χ0v) is 15.2. The van der Waals surface area contributed by atoms with Crippen LogP contribution in [0, 0.1) is 5.82 Å². The Morgan fingerprint density at radius 3 is 2.69 bits per heavy atom. The average molecular weight is 377 g/mol. The Kier molecular flexibility index (Phi) is 7.34. The van der Waals surface area contributed by atoms with Crippen molar-refractivity contribution >= 4 is 23.7 Å². The fraction of sp³-hybridized carbons (Fsp3) is 0.294. The Morgan fingerprint density at radius 2 is 2.04 bits per heavy atom. The number of hydrogen-bond acceptors (Lipinski definition) is 5. The fourth-order valence-corrected chi connectivity index (χ4v) is 2.82. The summed E-state index contributed by atoms with van der Waals surface area (Å²) in [7, 11) is 0. The van der Waals surface area contributed by atoms with Crippen LogP contribution in [0.15, 0.2) is 42.1 Å². The summed E-state index contributed by atoms with van der Waals surface area (Å²) in [6, 6.07) is 5.39. The van der Waals surface area contributed by atoms with Crippen molar-refractivity contribution in [1.29, 1.82) is 0 Å². The van der Waals surface area contributed by atoms with Crippen molar-refractivity contribution in [1.82, 2.24) is 25.4 Å². The largest absolute Gasteiger partial charge is 0.338 e. The van der Waals surface area contributed by atoms with E-state index >= 15 is 0 Å². The van der Waals surface area contributed by atoms with Gasteiger partial charge in [0.15, 0.2) is 11.0 Å². The number of thioether (sulfide) groups is 1. The molecule has 0 bridgehead atoms. The molecule has 26 heavy (non-hydrogen) atoms. The third-order valence-corrected chi connectivity index (χ3v) is 4.22. The van der Waals surface area contributed by atoms with E-state index in [1.807, 2.05) is 6.92 Å². The minimum absolute atomic E-state index is 0.0121. The lowest BCUT2D eigenvalue weighted by atomic mass is 10.2. The summed E-state index contributed by atoms with van der Waals surface area (Å²) in [6.07, 6.45) is 2.46. The molecule has 2 aromatic rings. The number of amides is 3. The number of imide groups is 1. The Morgan fingerprint density at radius 1 is 1.31 bits per heavy atom. The maximum absolute atomic E-state index is 13.1. The van der Waals surface area contributed by atoms with Gasteiger partial charge in [0.2, 0.25) is 5.91 Å². The molecule has 9 heteroatoms. The average Bonchev–Trinajstić information content (AvgIpc) is 3.02. The molecule has 7 nitrogen and oxygen atoms in total. The number of rotatable bonds is 8. The van der Waals surface area contributed by atoms with Gasteiger partial charge in [0.1, 0.15) is 5.82 Å². The maximum atomic E-state index is 13.1. The topological polar surface area (TPSA) is 88.9 Å². The van der Waals surface area contributed by atoms with Crippen molar-refractivity contribution in [3.8, 4) is 11.4 Å². The summed E-state index contributed by atoms with van der Waals surface area (Å²) in [4.78, 5) is 23.3. The molecular formula is C17H20FN5O2S. The van der Waals surface area contributed by atoms with Crippen LogP contribution in [0.4, 0.5) is 9.18 Å². The molecule has 0 saturated heterocycles. The van der Waals surface area contributed by atoms with Gasteiger partial charge >= 0.3 is 6.03 Å². The highest BCUT2D eigenvalue weighted by molar-refractivity contribution is 7.99. The van der Waals surface area contributed by atoms with Gasteiger partial charge in [-0.2, -0.15) is 0 Å². The van der Waals surface area contributed by atoms with Gasteiger partial charge in [-0.1, -0.05) is 24.8 Å². The van der Waals surface area contributed by atoms with Gasteiger partial charge in [-0.3, -0.25) is 14.7 Å². The Labute approximate surface area is 155 Å². The second kappa shape index (κ2) is 9.71. The number of carbonyl (C=O) groups is 2. The number of urea groups is 1. The van der Waals surface area contributed by atoms with Crippen molar-refractivity contribution in [2.45, 2.75) is 25.0 Å². The van der Waals surface area contributed by atoms with Crippen LogP contribution in [0.1, 0.15) is 13.3 Å². The Hall–Kier alpha value is -2.68. The first-order chi connectivity index (χ1) is 12.5. The zero-order valence-electron chi connectivity index (χ0n) is 14.4. The van der Waals surface area contributed by atoms with Gasteiger partial charge in [-0.15, -0.1) is 16.8 Å². The molecule has 2 N–H and O–H groups in total. The van der Waals surface area contributed by atoms with Crippen LogP contribution in [0.25, 0.3) is 11.4 Å². The van der Waals surface area contributed by atoms with Crippen molar-refractivity contribution in [3.63, 3.8) is 0 Å². The summed E-state index contributed by atoms with van der Waals surface area (Å²) >= 11 is 1.16. The first kappa shape index (κ1) is 19.6. The van der Waals surface area contributed by atoms with Gasteiger partial charge in [-0.25, -0.2) is 9.18 Å². The molecule has 138 valence electrons. The lowest BCUT2D eigenvalue weighted by Crippen LogP contribution is -2.40. The van der Waals surface area contributed by atoms with Crippen LogP contribution < -0.4 is 10.6 Å². The van der Waals surface area contributed by atoms with E-state index in [1.54, 1.807) is 22.8 Å². The van der Waals surface area contributed by atoms with Crippen LogP contribution in [-0.4, -0.2) is 39.0 Å². The number of carbonyl (C=O) groups excluding carboxylic acids is 2. The smallest absolute Gasteiger partial charge is 0.321 e. The van der Waals surface area contributed by atoms with Crippen molar-refractivity contribution in [2.24, 2.45) is 0 Å². The molecule has 0 fully saturated rings. The van der Waals surface area contributed by atoms with Crippen LogP contribution in [0.2, 0.25) is 0 Å². The summed E-state index contributed by atoms with van der Waals surface area (Å²) in [5.41, 5.74) is 0.705. The number of nitrogens with zero attached hydrogens (tertiary/aromatic N) is 3. The molecule has 0 unspecified atom stereocenters. The minimum atomic E-state index is -0.517. The predicted octanol–water partition coefficient (Wildman–Crippen LogP) is 2.60. The van der Waals surface area contributed by atoms with Gasteiger partial charge in [0, 0.05) is 18.7 Å². The van der Waals surface area contributed by atoms with E-state index in [-0.39, 0.29) is 11.6 Å². The molecule has 1 aromatic heterocycles. The van der Waals surface area contributed by atoms with Crippen LogP contribution in [0.3, 0.4) is 0 Å². The molecule has 1 aromatic carbocycles. The van der Waals surface area contributed by atoms with Crippen molar-refractivity contribution < 1.29 is 14.0 Å². The van der Waals surface area contributed by atoms with E-state index in [1.165, 1.54) is 12.1 Å². The SMILES string of the molecule is C=CCn1c(SCC(=O)NC(=O)NCCC)nnc1-c1ccc(F)cc1. The second-order valence-corrected chi connectivity index (χ2v) is 6.25. The van der Waals surface area contributed by atoms with Crippen molar-refractivity contribution in [2.75, 3.05) is 12.3 Å². The lowest BCUT2D eigenvalue weighted by Gasteiger charge is -2.08. The van der Waals surface area contributed by atoms with Gasteiger partial charge in [0.25, 0.3) is 0 Å². The van der Waals surface area contributed by atoms with Crippen LogP contribution in [0.5, 0.6) is 0 Å². The molecule has 0 spiro atoms. The van der Waals surface area contributed by atoms with Crippen molar-refractivity contribution in [3.05, 3.63) is 42.7 Å². The zero-order chi connectivity index (χ0) is 18.9. The summed E-state index contributed by atoms with van der Waals surface area (Å²) in [6.45, 7) is 6.56. The number of halogens is 1. The van der Waals surface area contributed by atoms with Gasteiger partial charge in [-0.05, 0) is 30.7 Å². The predicted molar refractivity (Wildman–Crippen MR) is 98.2 cm³/mol. The third kappa shape index (κ3) is 5.41. The molecule has 0 radical (unpaired) electrons. The molecule has 0 aliphatic rings. The summed E-state index contributed by atoms with van der Waals surface area (Å²) < 4.78 is 14.9. The molecular weight excluding hydrogens is 357 g/mol. The number of hydrogen-bond donors (Lipinski definition) is 2.